The highest BCUT2D eigenvalue weighted by Crippen LogP contribution is 2.31. The summed E-state index contributed by atoms with van der Waals surface area (Å²) in [7, 11) is 0. The maximum atomic E-state index is 13.3. The van der Waals surface area contributed by atoms with E-state index >= 15 is 0 Å². The van der Waals surface area contributed by atoms with Gasteiger partial charge in [-0.3, -0.25) is 24.0 Å². The number of nitrogens with one attached hydrogen (secondary N) is 1. The minimum Gasteiger partial charge on any atom is -0.433 e. The fourth-order valence-electron chi connectivity index (χ4n) is 4.66. The van der Waals surface area contributed by atoms with Crippen molar-refractivity contribution in [3.8, 4) is 5.75 Å². The molecular formula is C34H43F2NO6. The van der Waals surface area contributed by atoms with Gasteiger partial charge in [0.25, 0.3) is 0 Å². The molecule has 234 valence electrons. The van der Waals surface area contributed by atoms with Crippen LogP contribution in [0.5, 0.6) is 5.75 Å². The van der Waals surface area contributed by atoms with Crippen LogP contribution in [-0.2, 0) is 25.6 Å². The third-order valence-corrected chi connectivity index (χ3v) is 7.39. The largest absolute Gasteiger partial charge is 0.433 e. The van der Waals surface area contributed by atoms with Crippen LogP contribution < -0.4 is 10.1 Å². The lowest BCUT2D eigenvalue weighted by atomic mass is 9.76. The lowest BCUT2D eigenvalue weighted by Crippen LogP contribution is -2.46. The molecule has 0 saturated carbocycles. The number of aryl methyl sites for hydroxylation is 1. The maximum Gasteiger partial charge on any atom is 0.394 e. The van der Waals surface area contributed by atoms with Gasteiger partial charge in [0.05, 0.1) is 12.0 Å². The average Bonchev–Trinajstić information content (AvgIpc) is 2.92. The summed E-state index contributed by atoms with van der Waals surface area (Å²) in [6.07, 6.45) is -3.44. The van der Waals surface area contributed by atoms with Crippen LogP contribution >= 0.6 is 0 Å². The molecule has 0 fully saturated rings. The summed E-state index contributed by atoms with van der Waals surface area (Å²) in [5.74, 6) is -4.16. The summed E-state index contributed by atoms with van der Waals surface area (Å²) in [5, 5.41) is 2.73. The maximum absolute atomic E-state index is 13.3. The molecule has 2 aromatic carbocycles. The highest BCUT2D eigenvalue weighted by Gasteiger charge is 2.36. The van der Waals surface area contributed by atoms with E-state index in [0.717, 1.165) is 0 Å². The number of benzene rings is 2. The first-order valence-electron chi connectivity index (χ1n) is 14.5. The van der Waals surface area contributed by atoms with Crippen LogP contribution in [0.1, 0.15) is 83.7 Å². The Bertz CT molecular complexity index is 1280. The van der Waals surface area contributed by atoms with Crippen LogP contribution in [0.2, 0.25) is 0 Å². The lowest BCUT2D eigenvalue weighted by molar-refractivity contribution is -0.159. The Morgan fingerprint density at radius 1 is 0.837 bits per heavy atom. The fourth-order valence-corrected chi connectivity index (χ4v) is 4.66. The van der Waals surface area contributed by atoms with Crippen LogP contribution in [0.15, 0.2) is 54.6 Å². The Hall–Kier alpha value is -3.75. The second-order valence-electron chi connectivity index (χ2n) is 12.5. The second kappa shape index (κ2) is 15.1. The number of hydrogen-bond acceptors (Lipinski definition) is 6. The van der Waals surface area contributed by atoms with Crippen molar-refractivity contribution in [2.75, 3.05) is 0 Å². The summed E-state index contributed by atoms with van der Waals surface area (Å²) in [6, 6.07) is 13.6. The van der Waals surface area contributed by atoms with E-state index < -0.39 is 52.7 Å². The van der Waals surface area contributed by atoms with Gasteiger partial charge in [-0.2, -0.15) is 8.78 Å². The van der Waals surface area contributed by atoms with Crippen LogP contribution in [0.25, 0.3) is 0 Å². The van der Waals surface area contributed by atoms with Crippen molar-refractivity contribution in [3.05, 3.63) is 65.7 Å². The van der Waals surface area contributed by atoms with Crippen LogP contribution in [0, 0.1) is 23.2 Å². The van der Waals surface area contributed by atoms with Crippen molar-refractivity contribution in [3.63, 3.8) is 0 Å². The van der Waals surface area contributed by atoms with Crippen LogP contribution in [0.4, 0.5) is 8.78 Å². The van der Waals surface area contributed by atoms with Crippen molar-refractivity contribution in [2.24, 2.45) is 23.2 Å². The number of rotatable bonds is 16. The number of carbonyl (C=O) groups excluding carboxylic acids is 5. The van der Waals surface area contributed by atoms with Crippen molar-refractivity contribution in [1.29, 1.82) is 0 Å². The normalized spacial score (nSPS) is 14.0. The molecule has 0 spiro atoms. The van der Waals surface area contributed by atoms with E-state index in [1.807, 2.05) is 20.8 Å². The Kier molecular flexibility index (Phi) is 12.5. The molecular weight excluding hydrogens is 556 g/mol. The Morgan fingerprint density at radius 2 is 1.42 bits per heavy atom. The second-order valence-corrected chi connectivity index (χ2v) is 12.5. The molecule has 0 aliphatic heterocycles. The molecule has 1 amide bonds. The smallest absolute Gasteiger partial charge is 0.394 e. The van der Waals surface area contributed by atoms with Gasteiger partial charge >= 0.3 is 6.11 Å². The van der Waals surface area contributed by atoms with E-state index in [0.29, 0.717) is 18.1 Å². The number of halogens is 2. The molecule has 0 radical (unpaired) electrons. The summed E-state index contributed by atoms with van der Waals surface area (Å²) < 4.78 is 30.5. The van der Waals surface area contributed by atoms with E-state index in [1.54, 1.807) is 56.3 Å². The topological polar surface area (TPSA) is 107 Å². The zero-order valence-corrected chi connectivity index (χ0v) is 26.0. The highest BCUT2D eigenvalue weighted by molar-refractivity contribution is 6.38. The first-order chi connectivity index (χ1) is 19.9. The molecule has 0 bridgehead atoms. The molecule has 7 nitrogen and oxygen atoms in total. The summed E-state index contributed by atoms with van der Waals surface area (Å²) in [4.78, 5) is 65.1. The molecule has 2 aromatic rings. The average molecular weight is 600 g/mol. The van der Waals surface area contributed by atoms with Gasteiger partial charge in [-0.1, -0.05) is 77.1 Å². The molecule has 0 saturated heterocycles. The molecule has 0 aliphatic rings. The number of ketones is 4. The van der Waals surface area contributed by atoms with Crippen molar-refractivity contribution in [1.82, 2.24) is 5.32 Å². The Morgan fingerprint density at radius 3 is 1.93 bits per heavy atom. The highest BCUT2D eigenvalue weighted by atomic mass is 19.3. The van der Waals surface area contributed by atoms with Crippen molar-refractivity contribution in [2.45, 2.75) is 86.3 Å². The van der Waals surface area contributed by atoms with Crippen LogP contribution in [0.3, 0.4) is 0 Å². The van der Waals surface area contributed by atoms with E-state index in [1.165, 1.54) is 19.1 Å². The number of alkyl halides is 2. The van der Waals surface area contributed by atoms with Gasteiger partial charge in [0.15, 0.2) is 17.3 Å². The lowest BCUT2D eigenvalue weighted by Gasteiger charge is -2.30. The number of carbonyl (C=O) groups is 5. The van der Waals surface area contributed by atoms with Gasteiger partial charge in [-0.15, -0.1) is 0 Å². The predicted octanol–water partition coefficient (Wildman–Crippen LogP) is 6.42. The molecule has 1 N–H and O–H groups in total. The third kappa shape index (κ3) is 11.5. The molecule has 0 heterocycles. The zero-order valence-electron chi connectivity index (χ0n) is 26.0. The standard InChI is InChI=1S/C34H43F2NO6/c1-21(2)26(31(41)28(38)18-15-23-13-16-25(17-14-23)43-34(7,35)36)19-29(39)22(3)37-32(42)27(33(4,5)6)20-30(40)24-11-9-8-10-12-24/h8-14,16-17,21-22,26-27H,15,18-20H2,1-7H3,(H,37,42)/t22-,26-,27+/m0/s1. The van der Waals surface area contributed by atoms with Gasteiger partial charge < -0.3 is 10.1 Å². The van der Waals surface area contributed by atoms with Gasteiger partial charge in [0, 0.05) is 37.7 Å². The first kappa shape index (κ1) is 35.4. The number of Topliss-reactive ketones (excluding diaryl/α,β-unsaturated/α-hetero) is 4. The minimum absolute atomic E-state index is 0.0186. The van der Waals surface area contributed by atoms with Gasteiger partial charge in [-0.05, 0) is 42.4 Å². The summed E-state index contributed by atoms with van der Waals surface area (Å²) in [6.45, 7) is 11.2. The Balaban J connectivity index is 2.00. The van der Waals surface area contributed by atoms with Gasteiger partial charge in [0.1, 0.15) is 5.75 Å². The van der Waals surface area contributed by atoms with E-state index in [-0.39, 0.29) is 43.1 Å². The molecule has 0 unspecified atom stereocenters. The Labute approximate surface area is 252 Å². The van der Waals surface area contributed by atoms with Gasteiger partial charge in [0.2, 0.25) is 11.7 Å². The van der Waals surface area contributed by atoms with E-state index in [4.69, 9.17) is 0 Å². The SMILES string of the molecule is CC(C)[C@H](CC(=O)[C@H](C)NC(=O)[C@@H](CC(=O)c1ccccc1)C(C)(C)C)C(=O)C(=O)CCc1ccc(OC(C)(F)F)cc1. The van der Waals surface area contributed by atoms with E-state index in [2.05, 4.69) is 10.1 Å². The molecule has 0 aliphatic carbocycles. The van der Waals surface area contributed by atoms with E-state index in [9.17, 15) is 32.8 Å². The molecule has 2 rings (SSSR count). The molecule has 0 aromatic heterocycles. The number of hydrogen-bond donors (Lipinski definition) is 1. The number of amides is 1. The minimum atomic E-state index is -3.32. The molecule has 43 heavy (non-hydrogen) atoms. The molecule has 3 atom stereocenters. The zero-order chi connectivity index (χ0) is 32.5. The first-order valence-corrected chi connectivity index (χ1v) is 14.5. The fraction of sp³-hybridized carbons (Fsp3) is 0.500. The summed E-state index contributed by atoms with van der Waals surface area (Å²) in [5.41, 5.74) is 0.610. The summed E-state index contributed by atoms with van der Waals surface area (Å²) >= 11 is 0. The third-order valence-electron chi connectivity index (χ3n) is 7.39. The van der Waals surface area contributed by atoms with Crippen molar-refractivity contribution < 1.29 is 37.5 Å². The van der Waals surface area contributed by atoms with Gasteiger partial charge in [-0.25, -0.2) is 0 Å². The predicted molar refractivity (Wildman–Crippen MR) is 160 cm³/mol. The quantitative estimate of drug-likeness (QED) is 0.176. The molecule has 9 heteroatoms. The van der Waals surface area contributed by atoms with Crippen molar-refractivity contribution >= 4 is 29.0 Å². The monoisotopic (exact) mass is 599 g/mol. The number of ether oxygens (including phenoxy) is 1. The van der Waals surface area contributed by atoms with Crippen LogP contribution in [-0.4, -0.2) is 41.2 Å².